The van der Waals surface area contributed by atoms with Crippen molar-refractivity contribution >= 4 is 12.9 Å². The molecule has 0 amide bonds. The Hall–Kier alpha value is -1.41. The highest BCUT2D eigenvalue weighted by Crippen LogP contribution is 2.39. The maximum atomic E-state index is 11.6. The highest BCUT2D eigenvalue weighted by atomic mass is 31.2. The van der Waals surface area contributed by atoms with E-state index >= 15 is 0 Å². The number of benzene rings is 2. The molecule has 0 heterocycles. The first kappa shape index (κ1) is 13.0. The molecule has 4 heteroatoms. The fraction of sp³-hybridized carbons (Fsp3) is 0.143. The van der Waals surface area contributed by atoms with Gasteiger partial charge in [-0.05, 0) is 36.6 Å². The van der Waals surface area contributed by atoms with E-state index in [0.717, 1.165) is 16.7 Å². The summed E-state index contributed by atoms with van der Waals surface area (Å²) in [4.78, 5) is 18.9. The SMILES string of the molecule is Cc1cccc(-c2c(C)cccc2P(=O)(O)O)c1. The van der Waals surface area contributed by atoms with Crippen LogP contribution in [0.1, 0.15) is 11.1 Å². The molecule has 0 radical (unpaired) electrons. The minimum Gasteiger partial charge on any atom is -0.321 e. The van der Waals surface area contributed by atoms with E-state index in [-0.39, 0.29) is 5.30 Å². The largest absolute Gasteiger partial charge is 0.356 e. The molecule has 0 aromatic heterocycles. The minimum absolute atomic E-state index is 0.0908. The van der Waals surface area contributed by atoms with Gasteiger partial charge in [0, 0.05) is 0 Å². The molecule has 0 bridgehead atoms. The van der Waals surface area contributed by atoms with E-state index in [9.17, 15) is 14.4 Å². The summed E-state index contributed by atoms with van der Waals surface area (Å²) in [6.45, 7) is 3.82. The number of hydrogen-bond donors (Lipinski definition) is 2. The second-order valence-electron chi connectivity index (χ2n) is 4.38. The smallest absolute Gasteiger partial charge is 0.321 e. The highest BCUT2D eigenvalue weighted by molar-refractivity contribution is 7.60. The van der Waals surface area contributed by atoms with Crippen LogP contribution in [0.5, 0.6) is 0 Å². The molecular formula is C14H15O3P. The molecule has 2 rings (SSSR count). The van der Waals surface area contributed by atoms with Gasteiger partial charge < -0.3 is 9.79 Å². The molecule has 0 saturated heterocycles. The van der Waals surface area contributed by atoms with Crippen LogP contribution in [0.3, 0.4) is 0 Å². The molecule has 94 valence electrons. The first-order valence-electron chi connectivity index (χ1n) is 5.62. The van der Waals surface area contributed by atoms with Gasteiger partial charge in [-0.15, -0.1) is 0 Å². The van der Waals surface area contributed by atoms with E-state index in [2.05, 4.69) is 0 Å². The Balaban J connectivity index is 2.74. The van der Waals surface area contributed by atoms with Crippen LogP contribution in [0.25, 0.3) is 11.1 Å². The van der Waals surface area contributed by atoms with Crippen LogP contribution in [0, 0.1) is 13.8 Å². The first-order valence-corrected chi connectivity index (χ1v) is 7.23. The molecule has 0 aliphatic rings. The Labute approximate surface area is 106 Å². The summed E-state index contributed by atoms with van der Waals surface area (Å²) in [6.07, 6.45) is 0. The minimum atomic E-state index is -4.26. The maximum Gasteiger partial charge on any atom is 0.356 e. The average molecular weight is 262 g/mol. The lowest BCUT2D eigenvalue weighted by Crippen LogP contribution is -2.09. The van der Waals surface area contributed by atoms with Crippen LogP contribution >= 0.6 is 7.60 Å². The molecule has 2 aromatic carbocycles. The molecule has 0 aliphatic heterocycles. The van der Waals surface area contributed by atoms with Gasteiger partial charge in [-0.3, -0.25) is 4.57 Å². The zero-order valence-electron chi connectivity index (χ0n) is 10.3. The molecule has 0 atom stereocenters. The van der Waals surface area contributed by atoms with Crippen molar-refractivity contribution in [2.75, 3.05) is 0 Å². The maximum absolute atomic E-state index is 11.6. The quantitative estimate of drug-likeness (QED) is 0.818. The monoisotopic (exact) mass is 262 g/mol. The van der Waals surface area contributed by atoms with Gasteiger partial charge in [0.1, 0.15) is 0 Å². The van der Waals surface area contributed by atoms with Gasteiger partial charge in [0.05, 0.1) is 5.30 Å². The number of rotatable bonds is 2. The van der Waals surface area contributed by atoms with Gasteiger partial charge >= 0.3 is 7.60 Å². The van der Waals surface area contributed by atoms with Crippen LogP contribution in [0.2, 0.25) is 0 Å². The van der Waals surface area contributed by atoms with Gasteiger partial charge in [-0.2, -0.15) is 0 Å². The fourth-order valence-corrected chi connectivity index (χ4v) is 2.95. The standard InChI is InChI=1S/C14H15O3P/c1-10-5-3-7-12(9-10)14-11(2)6-4-8-13(14)18(15,16)17/h3-9H,1-2H3,(H2,15,16,17). The van der Waals surface area contributed by atoms with Crippen LogP contribution in [-0.4, -0.2) is 9.79 Å². The van der Waals surface area contributed by atoms with Crippen molar-refractivity contribution in [3.05, 3.63) is 53.6 Å². The van der Waals surface area contributed by atoms with Gasteiger partial charge in [0.25, 0.3) is 0 Å². The zero-order valence-corrected chi connectivity index (χ0v) is 11.2. The summed E-state index contributed by atoms with van der Waals surface area (Å²) in [6, 6.07) is 12.7. The Morgan fingerprint density at radius 3 is 2.28 bits per heavy atom. The molecular weight excluding hydrogens is 247 g/mol. The molecule has 2 N–H and O–H groups in total. The first-order chi connectivity index (χ1) is 8.39. The molecule has 18 heavy (non-hydrogen) atoms. The predicted molar refractivity (Wildman–Crippen MR) is 73.0 cm³/mol. The summed E-state index contributed by atoms with van der Waals surface area (Å²) in [5, 5.41) is 0.0908. The molecule has 0 fully saturated rings. The van der Waals surface area contributed by atoms with Crippen LogP contribution < -0.4 is 5.30 Å². The third kappa shape index (κ3) is 2.54. The van der Waals surface area contributed by atoms with Crippen molar-refractivity contribution in [2.24, 2.45) is 0 Å². The van der Waals surface area contributed by atoms with Gasteiger partial charge in [0.2, 0.25) is 0 Å². The summed E-state index contributed by atoms with van der Waals surface area (Å²) < 4.78 is 11.6. The van der Waals surface area contributed by atoms with Crippen molar-refractivity contribution in [3.63, 3.8) is 0 Å². The Kier molecular flexibility index (Phi) is 3.40. The van der Waals surface area contributed by atoms with E-state index in [1.54, 1.807) is 6.07 Å². The van der Waals surface area contributed by atoms with Crippen molar-refractivity contribution in [1.82, 2.24) is 0 Å². The third-order valence-corrected chi connectivity index (χ3v) is 3.87. The van der Waals surface area contributed by atoms with Gasteiger partial charge in [-0.1, -0.05) is 42.0 Å². The summed E-state index contributed by atoms with van der Waals surface area (Å²) in [7, 11) is -4.26. The van der Waals surface area contributed by atoms with E-state index in [0.29, 0.717) is 5.56 Å². The van der Waals surface area contributed by atoms with Crippen molar-refractivity contribution in [3.8, 4) is 11.1 Å². The van der Waals surface area contributed by atoms with Crippen molar-refractivity contribution < 1.29 is 14.4 Å². The molecule has 3 nitrogen and oxygen atoms in total. The Morgan fingerprint density at radius 1 is 1.00 bits per heavy atom. The lowest BCUT2D eigenvalue weighted by Gasteiger charge is -2.14. The zero-order chi connectivity index (χ0) is 13.3. The van der Waals surface area contributed by atoms with Crippen molar-refractivity contribution in [2.45, 2.75) is 13.8 Å². The Morgan fingerprint density at radius 2 is 1.67 bits per heavy atom. The number of aryl methyl sites for hydroxylation is 2. The van der Waals surface area contributed by atoms with Crippen LogP contribution in [0.15, 0.2) is 42.5 Å². The summed E-state index contributed by atoms with van der Waals surface area (Å²) in [5.41, 5.74) is 3.40. The second-order valence-corrected chi connectivity index (χ2v) is 5.95. The number of hydrogen-bond acceptors (Lipinski definition) is 1. The molecule has 0 saturated carbocycles. The van der Waals surface area contributed by atoms with E-state index in [1.165, 1.54) is 6.07 Å². The lowest BCUT2D eigenvalue weighted by molar-refractivity contribution is 0.387. The topological polar surface area (TPSA) is 57.5 Å². The van der Waals surface area contributed by atoms with E-state index < -0.39 is 7.60 Å². The van der Waals surface area contributed by atoms with Crippen molar-refractivity contribution in [1.29, 1.82) is 0 Å². The molecule has 0 spiro atoms. The highest BCUT2D eigenvalue weighted by Gasteiger charge is 2.23. The lowest BCUT2D eigenvalue weighted by atomic mass is 9.99. The van der Waals surface area contributed by atoms with E-state index in [1.807, 2.05) is 44.2 Å². The fourth-order valence-electron chi connectivity index (χ4n) is 2.07. The average Bonchev–Trinajstić information content (AvgIpc) is 2.27. The third-order valence-electron chi connectivity index (χ3n) is 2.87. The summed E-state index contributed by atoms with van der Waals surface area (Å²) in [5.74, 6) is 0. The van der Waals surface area contributed by atoms with Gasteiger partial charge in [-0.25, -0.2) is 0 Å². The Bertz CT molecular complexity index is 629. The molecule has 0 aliphatic carbocycles. The summed E-state index contributed by atoms with van der Waals surface area (Å²) >= 11 is 0. The van der Waals surface area contributed by atoms with Gasteiger partial charge in [0.15, 0.2) is 0 Å². The normalized spacial score (nSPS) is 11.6. The van der Waals surface area contributed by atoms with E-state index in [4.69, 9.17) is 0 Å². The molecule has 2 aromatic rings. The predicted octanol–water partition coefficient (Wildman–Crippen LogP) is 2.77. The second kappa shape index (κ2) is 4.69. The van der Waals surface area contributed by atoms with Crippen LogP contribution in [-0.2, 0) is 4.57 Å². The van der Waals surface area contributed by atoms with Crippen LogP contribution in [0.4, 0.5) is 0 Å². The molecule has 0 unspecified atom stereocenters.